The first kappa shape index (κ1) is 11.9. The minimum atomic E-state index is -1.01. The van der Waals surface area contributed by atoms with Crippen LogP contribution in [0, 0.1) is 6.92 Å². The highest BCUT2D eigenvalue weighted by atomic mass is 16.5. The molecule has 0 bridgehead atoms. The maximum atomic E-state index is 10.8. The molecule has 0 atom stereocenters. The third-order valence-electron chi connectivity index (χ3n) is 2.31. The van der Waals surface area contributed by atoms with E-state index in [1.807, 2.05) is 0 Å². The fraction of sp³-hybridized carbons (Fsp3) is 0.182. The molecule has 1 heterocycles. The number of nitrogens with one attached hydrogen (secondary N) is 1. The van der Waals surface area contributed by atoms with Gasteiger partial charge in [0.05, 0.1) is 23.5 Å². The average Bonchev–Trinajstić information content (AvgIpc) is 2.74. The maximum absolute atomic E-state index is 10.8. The Bertz CT molecular complexity index is 579. The van der Waals surface area contributed by atoms with Gasteiger partial charge in [0.1, 0.15) is 0 Å². The highest BCUT2D eigenvalue weighted by Gasteiger charge is 2.08. The van der Waals surface area contributed by atoms with Crippen molar-refractivity contribution in [2.75, 3.05) is 11.1 Å². The van der Waals surface area contributed by atoms with Gasteiger partial charge in [-0.15, -0.1) is 0 Å². The van der Waals surface area contributed by atoms with Crippen LogP contribution in [0.4, 0.5) is 11.4 Å². The summed E-state index contributed by atoms with van der Waals surface area (Å²) in [5.74, 6) is -0.0554. The summed E-state index contributed by atoms with van der Waals surface area (Å²) in [7, 11) is 0. The molecule has 2 aromatic rings. The van der Waals surface area contributed by atoms with Crippen molar-refractivity contribution in [3.63, 3.8) is 0 Å². The van der Waals surface area contributed by atoms with Crippen LogP contribution < -0.4 is 11.1 Å². The molecule has 1 aromatic carbocycles. The number of hydrogen-bond acceptors (Lipinski definition) is 6. The van der Waals surface area contributed by atoms with E-state index in [1.165, 1.54) is 18.2 Å². The van der Waals surface area contributed by atoms with Crippen molar-refractivity contribution in [2.24, 2.45) is 0 Å². The van der Waals surface area contributed by atoms with Crippen molar-refractivity contribution >= 4 is 17.3 Å². The molecule has 0 fully saturated rings. The summed E-state index contributed by atoms with van der Waals surface area (Å²) in [6.45, 7) is 2.00. The lowest BCUT2D eigenvalue weighted by atomic mass is 10.1. The predicted molar refractivity (Wildman–Crippen MR) is 64.2 cm³/mol. The number of nitrogens with zero attached hydrogens (tertiary/aromatic N) is 2. The first-order valence-corrected chi connectivity index (χ1v) is 5.22. The van der Waals surface area contributed by atoms with Crippen LogP contribution in [0.3, 0.4) is 0 Å². The topological polar surface area (TPSA) is 114 Å². The van der Waals surface area contributed by atoms with Gasteiger partial charge in [-0.1, -0.05) is 5.16 Å². The van der Waals surface area contributed by atoms with E-state index in [1.54, 1.807) is 6.92 Å². The smallest absolute Gasteiger partial charge is 0.335 e. The SMILES string of the molecule is Cc1nc(CNc2cc(C(=O)O)ccc2N)no1. The maximum Gasteiger partial charge on any atom is 0.335 e. The van der Waals surface area contributed by atoms with Crippen LogP contribution in [0.25, 0.3) is 0 Å². The van der Waals surface area contributed by atoms with Crippen molar-refractivity contribution in [1.82, 2.24) is 10.1 Å². The minimum Gasteiger partial charge on any atom is -0.478 e. The third-order valence-corrected chi connectivity index (χ3v) is 2.31. The fourth-order valence-corrected chi connectivity index (χ4v) is 1.43. The highest BCUT2D eigenvalue weighted by molar-refractivity contribution is 5.90. The highest BCUT2D eigenvalue weighted by Crippen LogP contribution is 2.20. The quantitative estimate of drug-likeness (QED) is 0.698. The van der Waals surface area contributed by atoms with Gasteiger partial charge in [0.15, 0.2) is 5.82 Å². The summed E-state index contributed by atoms with van der Waals surface area (Å²) in [6, 6.07) is 4.44. The largest absolute Gasteiger partial charge is 0.478 e. The molecule has 0 radical (unpaired) electrons. The Morgan fingerprint density at radius 3 is 2.94 bits per heavy atom. The number of aromatic nitrogens is 2. The van der Waals surface area contributed by atoms with Gasteiger partial charge >= 0.3 is 5.97 Å². The number of carbonyl (C=O) groups is 1. The lowest BCUT2D eigenvalue weighted by Crippen LogP contribution is -2.06. The summed E-state index contributed by atoms with van der Waals surface area (Å²) in [4.78, 5) is 14.8. The van der Waals surface area contributed by atoms with E-state index in [4.69, 9.17) is 15.4 Å². The third kappa shape index (κ3) is 2.57. The number of benzene rings is 1. The summed E-state index contributed by atoms with van der Waals surface area (Å²) < 4.78 is 4.82. The molecule has 7 nitrogen and oxygen atoms in total. The van der Waals surface area contributed by atoms with Crippen LogP contribution in [0.1, 0.15) is 22.1 Å². The number of anilines is 2. The van der Waals surface area contributed by atoms with E-state index in [0.29, 0.717) is 29.6 Å². The van der Waals surface area contributed by atoms with Crippen molar-refractivity contribution in [2.45, 2.75) is 13.5 Å². The Labute approximate surface area is 103 Å². The molecule has 0 aliphatic rings. The molecule has 94 valence electrons. The molecule has 0 spiro atoms. The zero-order valence-corrected chi connectivity index (χ0v) is 9.67. The summed E-state index contributed by atoms with van der Waals surface area (Å²) >= 11 is 0. The van der Waals surface area contributed by atoms with Crippen molar-refractivity contribution in [3.05, 3.63) is 35.5 Å². The van der Waals surface area contributed by atoms with E-state index < -0.39 is 5.97 Å². The van der Waals surface area contributed by atoms with Crippen molar-refractivity contribution in [3.8, 4) is 0 Å². The predicted octanol–water partition coefficient (Wildman–Crippen LogP) is 1.27. The van der Waals surface area contributed by atoms with Gasteiger partial charge in [-0.25, -0.2) is 4.79 Å². The first-order valence-electron chi connectivity index (χ1n) is 5.22. The van der Waals surface area contributed by atoms with E-state index in [2.05, 4.69) is 15.5 Å². The zero-order valence-electron chi connectivity index (χ0n) is 9.67. The molecular formula is C11H12N4O3. The normalized spacial score (nSPS) is 10.3. The average molecular weight is 248 g/mol. The van der Waals surface area contributed by atoms with E-state index in [9.17, 15) is 4.79 Å². The fourth-order valence-electron chi connectivity index (χ4n) is 1.43. The summed E-state index contributed by atoms with van der Waals surface area (Å²) in [5.41, 5.74) is 6.89. The van der Waals surface area contributed by atoms with Crippen LogP contribution in [-0.4, -0.2) is 21.2 Å². The molecule has 0 aliphatic carbocycles. The van der Waals surface area contributed by atoms with Gasteiger partial charge in [0.2, 0.25) is 5.89 Å². The molecule has 18 heavy (non-hydrogen) atoms. The minimum absolute atomic E-state index is 0.163. The molecule has 0 saturated carbocycles. The monoisotopic (exact) mass is 248 g/mol. The lowest BCUT2D eigenvalue weighted by Gasteiger charge is -2.08. The number of aryl methyl sites for hydroxylation is 1. The van der Waals surface area contributed by atoms with Gasteiger partial charge in [0.25, 0.3) is 0 Å². The number of hydrogen-bond donors (Lipinski definition) is 3. The molecule has 2 rings (SSSR count). The lowest BCUT2D eigenvalue weighted by molar-refractivity contribution is 0.0697. The number of nitrogens with two attached hydrogens (primary N) is 1. The Balaban J connectivity index is 2.13. The van der Waals surface area contributed by atoms with E-state index in [0.717, 1.165) is 0 Å². The van der Waals surface area contributed by atoms with Gasteiger partial charge in [-0.3, -0.25) is 0 Å². The van der Waals surface area contributed by atoms with Crippen LogP contribution in [0.2, 0.25) is 0 Å². The first-order chi connectivity index (χ1) is 8.56. The van der Waals surface area contributed by atoms with Gasteiger partial charge < -0.3 is 20.7 Å². The Morgan fingerprint density at radius 2 is 2.33 bits per heavy atom. The molecule has 4 N–H and O–H groups in total. The molecule has 7 heteroatoms. The number of carboxylic acid groups (broad SMARTS) is 1. The Kier molecular flexibility index (Phi) is 3.13. The zero-order chi connectivity index (χ0) is 13.1. The molecule has 0 amide bonds. The molecule has 0 unspecified atom stereocenters. The van der Waals surface area contributed by atoms with Crippen LogP contribution in [-0.2, 0) is 6.54 Å². The molecule has 0 aliphatic heterocycles. The van der Waals surface area contributed by atoms with Crippen LogP contribution in [0.15, 0.2) is 22.7 Å². The van der Waals surface area contributed by atoms with Crippen LogP contribution >= 0.6 is 0 Å². The second-order valence-electron chi connectivity index (χ2n) is 3.69. The van der Waals surface area contributed by atoms with Gasteiger partial charge in [0, 0.05) is 6.92 Å². The van der Waals surface area contributed by atoms with Crippen molar-refractivity contribution < 1.29 is 14.4 Å². The summed E-state index contributed by atoms with van der Waals surface area (Å²) in [6.07, 6.45) is 0. The Hall–Kier alpha value is -2.57. The second kappa shape index (κ2) is 4.74. The molecule has 0 saturated heterocycles. The number of aromatic carboxylic acids is 1. The molecule has 1 aromatic heterocycles. The van der Waals surface area contributed by atoms with E-state index in [-0.39, 0.29) is 5.56 Å². The van der Waals surface area contributed by atoms with Crippen molar-refractivity contribution in [1.29, 1.82) is 0 Å². The standard InChI is InChI=1S/C11H12N4O3/c1-6-14-10(15-18-6)5-13-9-4-7(11(16)17)2-3-8(9)12/h2-4,13H,5,12H2,1H3,(H,16,17). The number of rotatable bonds is 4. The summed E-state index contributed by atoms with van der Waals surface area (Å²) in [5, 5.41) is 15.6. The number of nitrogen functional groups attached to an aromatic ring is 1. The van der Waals surface area contributed by atoms with Gasteiger partial charge in [-0.05, 0) is 18.2 Å². The Morgan fingerprint density at radius 1 is 1.56 bits per heavy atom. The second-order valence-corrected chi connectivity index (χ2v) is 3.69. The van der Waals surface area contributed by atoms with E-state index >= 15 is 0 Å². The molecular weight excluding hydrogens is 236 g/mol. The van der Waals surface area contributed by atoms with Gasteiger partial charge in [-0.2, -0.15) is 4.98 Å². The van der Waals surface area contributed by atoms with Crippen LogP contribution in [0.5, 0.6) is 0 Å². The number of carboxylic acids is 1.